The van der Waals surface area contributed by atoms with E-state index in [-0.39, 0.29) is 6.04 Å². The van der Waals surface area contributed by atoms with Crippen molar-refractivity contribution in [3.8, 4) is 0 Å². The molecule has 2 atom stereocenters. The van der Waals surface area contributed by atoms with Crippen LogP contribution in [0.3, 0.4) is 0 Å². The molecule has 20 heavy (non-hydrogen) atoms. The summed E-state index contributed by atoms with van der Waals surface area (Å²) >= 11 is 0. The van der Waals surface area contributed by atoms with Gasteiger partial charge in [-0.3, -0.25) is 14.8 Å². The van der Waals surface area contributed by atoms with Crippen LogP contribution >= 0.6 is 0 Å². The Kier molecular flexibility index (Phi) is 3.20. The summed E-state index contributed by atoms with van der Waals surface area (Å²) in [7, 11) is 0. The highest BCUT2D eigenvalue weighted by Crippen LogP contribution is 2.47. The van der Waals surface area contributed by atoms with Gasteiger partial charge in [0.15, 0.2) is 0 Å². The second-order valence-corrected chi connectivity index (χ2v) is 4.99. The molecule has 2 aromatic rings. The van der Waals surface area contributed by atoms with Gasteiger partial charge in [-0.1, -0.05) is 30.3 Å². The molecular formula is C15H15N3O2. The lowest BCUT2D eigenvalue weighted by Crippen LogP contribution is -2.32. The SMILES string of the molecule is O=C(O)C1(c2cnccn2)CC1NCc1ccccc1. The van der Waals surface area contributed by atoms with Crippen LogP contribution in [-0.4, -0.2) is 27.1 Å². The molecule has 0 aliphatic heterocycles. The molecule has 1 aromatic heterocycles. The summed E-state index contributed by atoms with van der Waals surface area (Å²) in [5.41, 5.74) is 0.735. The first kappa shape index (κ1) is 12.7. The maximum atomic E-state index is 11.6. The number of nitrogens with zero attached hydrogens (tertiary/aromatic N) is 2. The van der Waals surface area contributed by atoms with Crippen molar-refractivity contribution in [2.45, 2.75) is 24.4 Å². The zero-order valence-electron chi connectivity index (χ0n) is 10.9. The van der Waals surface area contributed by atoms with Gasteiger partial charge in [-0.05, 0) is 12.0 Å². The monoisotopic (exact) mass is 269 g/mol. The van der Waals surface area contributed by atoms with Crippen LogP contribution in [0.15, 0.2) is 48.9 Å². The molecule has 3 rings (SSSR count). The van der Waals surface area contributed by atoms with Crippen molar-refractivity contribution in [3.63, 3.8) is 0 Å². The number of aromatic nitrogens is 2. The predicted molar refractivity (Wildman–Crippen MR) is 73.0 cm³/mol. The molecule has 2 N–H and O–H groups in total. The second-order valence-electron chi connectivity index (χ2n) is 4.99. The fraction of sp³-hybridized carbons (Fsp3) is 0.267. The highest BCUT2D eigenvalue weighted by atomic mass is 16.4. The van der Waals surface area contributed by atoms with E-state index in [1.54, 1.807) is 6.20 Å². The van der Waals surface area contributed by atoms with Gasteiger partial charge in [-0.2, -0.15) is 0 Å². The zero-order chi connectivity index (χ0) is 14.0. The Bertz CT molecular complexity index is 603. The smallest absolute Gasteiger partial charge is 0.317 e. The van der Waals surface area contributed by atoms with Crippen molar-refractivity contribution in [2.75, 3.05) is 0 Å². The Balaban J connectivity index is 1.72. The molecule has 0 radical (unpaired) electrons. The summed E-state index contributed by atoms with van der Waals surface area (Å²) in [6.45, 7) is 0.654. The van der Waals surface area contributed by atoms with Gasteiger partial charge >= 0.3 is 5.97 Å². The number of carboxylic acid groups (broad SMARTS) is 1. The Morgan fingerprint density at radius 1 is 1.35 bits per heavy atom. The molecule has 1 heterocycles. The fourth-order valence-electron chi connectivity index (χ4n) is 2.50. The zero-order valence-corrected chi connectivity index (χ0v) is 10.9. The number of hydrogen-bond acceptors (Lipinski definition) is 4. The first-order chi connectivity index (χ1) is 9.73. The normalized spacial score (nSPS) is 24.3. The third-order valence-electron chi connectivity index (χ3n) is 3.76. The van der Waals surface area contributed by atoms with E-state index in [0.29, 0.717) is 18.7 Å². The Labute approximate surface area is 116 Å². The quantitative estimate of drug-likeness (QED) is 0.857. The van der Waals surface area contributed by atoms with Crippen molar-refractivity contribution in [3.05, 3.63) is 60.2 Å². The van der Waals surface area contributed by atoms with Gasteiger partial charge in [-0.15, -0.1) is 0 Å². The van der Waals surface area contributed by atoms with Gasteiger partial charge in [0.2, 0.25) is 0 Å². The Morgan fingerprint density at radius 3 is 2.80 bits per heavy atom. The average Bonchev–Trinajstić information content (AvgIpc) is 3.23. The van der Waals surface area contributed by atoms with Crippen LogP contribution in [-0.2, 0) is 16.8 Å². The van der Waals surface area contributed by atoms with Gasteiger partial charge in [-0.25, -0.2) is 0 Å². The lowest BCUT2D eigenvalue weighted by Gasteiger charge is -2.12. The summed E-state index contributed by atoms with van der Waals surface area (Å²) in [4.78, 5) is 19.7. The first-order valence-electron chi connectivity index (χ1n) is 6.50. The van der Waals surface area contributed by atoms with E-state index >= 15 is 0 Å². The minimum atomic E-state index is -0.928. The van der Waals surface area contributed by atoms with E-state index in [9.17, 15) is 9.90 Å². The van der Waals surface area contributed by atoms with Gasteiger partial charge in [0.05, 0.1) is 5.69 Å². The molecule has 0 bridgehead atoms. The molecule has 1 fully saturated rings. The third kappa shape index (κ3) is 2.16. The molecule has 5 nitrogen and oxygen atoms in total. The number of carbonyl (C=O) groups is 1. The maximum Gasteiger partial charge on any atom is 0.317 e. The van der Waals surface area contributed by atoms with Crippen LogP contribution in [0.2, 0.25) is 0 Å². The summed E-state index contributed by atoms with van der Waals surface area (Å²) in [5, 5.41) is 12.8. The van der Waals surface area contributed by atoms with Crippen molar-refractivity contribution in [1.29, 1.82) is 0 Å². The van der Waals surface area contributed by atoms with Gasteiger partial charge < -0.3 is 10.4 Å². The second kappa shape index (κ2) is 5.02. The summed E-state index contributed by atoms with van der Waals surface area (Å²) in [6, 6.07) is 9.83. The van der Waals surface area contributed by atoms with Crippen molar-refractivity contribution in [2.24, 2.45) is 0 Å². The van der Waals surface area contributed by atoms with Crippen LogP contribution in [0.5, 0.6) is 0 Å². The molecule has 0 saturated heterocycles. The third-order valence-corrected chi connectivity index (χ3v) is 3.76. The van der Waals surface area contributed by atoms with E-state index in [2.05, 4.69) is 15.3 Å². The topological polar surface area (TPSA) is 75.1 Å². The number of carboxylic acids is 1. The molecular weight excluding hydrogens is 254 g/mol. The van der Waals surface area contributed by atoms with Crippen molar-refractivity contribution in [1.82, 2.24) is 15.3 Å². The molecule has 102 valence electrons. The van der Waals surface area contributed by atoms with Crippen LogP contribution in [0, 0.1) is 0 Å². The van der Waals surface area contributed by atoms with Crippen LogP contribution < -0.4 is 5.32 Å². The number of nitrogens with one attached hydrogen (secondary N) is 1. The molecule has 2 unspecified atom stereocenters. The average molecular weight is 269 g/mol. The van der Waals surface area contributed by atoms with Gasteiger partial charge in [0.25, 0.3) is 0 Å². The highest BCUT2D eigenvalue weighted by Gasteiger charge is 2.63. The van der Waals surface area contributed by atoms with Gasteiger partial charge in [0, 0.05) is 31.2 Å². The molecule has 1 aliphatic rings. The lowest BCUT2D eigenvalue weighted by atomic mass is 10.0. The summed E-state index contributed by atoms with van der Waals surface area (Å²) in [5.74, 6) is -0.844. The standard InChI is InChI=1S/C15H15N3O2/c19-14(20)15(13-10-16-6-7-17-13)8-12(15)18-9-11-4-2-1-3-5-11/h1-7,10,12,18H,8-9H2,(H,19,20). The summed E-state index contributed by atoms with van der Waals surface area (Å²) < 4.78 is 0. The number of hydrogen-bond donors (Lipinski definition) is 2. The minimum Gasteiger partial charge on any atom is -0.480 e. The van der Waals surface area contributed by atoms with Crippen molar-refractivity contribution >= 4 is 5.97 Å². The predicted octanol–water partition coefficient (Wildman–Crippen LogP) is 1.36. The molecule has 0 amide bonds. The largest absolute Gasteiger partial charge is 0.480 e. The first-order valence-corrected chi connectivity index (χ1v) is 6.50. The Morgan fingerprint density at radius 2 is 2.15 bits per heavy atom. The van der Waals surface area contributed by atoms with Crippen LogP contribution in [0.25, 0.3) is 0 Å². The number of rotatable bonds is 5. The van der Waals surface area contributed by atoms with Crippen LogP contribution in [0.1, 0.15) is 17.7 Å². The van der Waals surface area contributed by atoms with E-state index < -0.39 is 11.4 Å². The van der Waals surface area contributed by atoms with E-state index in [4.69, 9.17) is 0 Å². The van der Waals surface area contributed by atoms with E-state index in [0.717, 1.165) is 5.56 Å². The van der Waals surface area contributed by atoms with Gasteiger partial charge in [0.1, 0.15) is 5.41 Å². The molecule has 1 saturated carbocycles. The van der Waals surface area contributed by atoms with E-state index in [1.807, 2.05) is 30.3 Å². The molecule has 0 spiro atoms. The minimum absolute atomic E-state index is 0.100. The molecule has 1 aromatic carbocycles. The van der Waals surface area contributed by atoms with Crippen LogP contribution in [0.4, 0.5) is 0 Å². The fourth-order valence-corrected chi connectivity index (χ4v) is 2.50. The summed E-state index contributed by atoms with van der Waals surface area (Å²) in [6.07, 6.45) is 5.17. The number of aliphatic carboxylic acids is 1. The van der Waals surface area contributed by atoms with Crippen molar-refractivity contribution < 1.29 is 9.90 Å². The number of benzene rings is 1. The Hall–Kier alpha value is -2.27. The highest BCUT2D eigenvalue weighted by molar-refractivity contribution is 5.86. The lowest BCUT2D eigenvalue weighted by molar-refractivity contribution is -0.140. The maximum absolute atomic E-state index is 11.6. The molecule has 1 aliphatic carbocycles. The van der Waals surface area contributed by atoms with E-state index in [1.165, 1.54) is 12.4 Å². The molecule has 5 heteroatoms.